The highest BCUT2D eigenvalue weighted by Crippen LogP contribution is 2.18. The van der Waals surface area contributed by atoms with E-state index in [1.54, 1.807) is 6.92 Å². The van der Waals surface area contributed by atoms with E-state index >= 15 is 0 Å². The fourth-order valence-electron chi connectivity index (χ4n) is 2.73. The summed E-state index contributed by atoms with van der Waals surface area (Å²) in [6.07, 6.45) is 0.808. The standard InChI is InChI=1S/C18H25N5O4S/c1-3-8-20-17(24)14(2)21-18(25)22-9-11-23(12-10-22)28(26,27)16-6-4-15(13-19)5-7-16/h4-7,14H,3,8-12H2,1-2H3,(H,20,24)(H,21,25)/t14-/m1/s1. The molecule has 0 bridgehead atoms. The first-order valence-corrected chi connectivity index (χ1v) is 10.6. The Kier molecular flexibility index (Phi) is 7.37. The van der Waals surface area contributed by atoms with Gasteiger partial charge in [0.1, 0.15) is 6.04 Å². The molecule has 1 aromatic carbocycles. The van der Waals surface area contributed by atoms with Crippen LogP contribution >= 0.6 is 0 Å². The third-order valence-electron chi connectivity index (χ3n) is 4.43. The van der Waals surface area contributed by atoms with Gasteiger partial charge in [0, 0.05) is 32.7 Å². The van der Waals surface area contributed by atoms with Gasteiger partial charge in [0.05, 0.1) is 16.5 Å². The molecular formula is C18H25N5O4S. The van der Waals surface area contributed by atoms with Crippen molar-refractivity contribution in [2.75, 3.05) is 32.7 Å². The molecule has 9 nitrogen and oxygen atoms in total. The first-order chi connectivity index (χ1) is 13.3. The number of carbonyl (C=O) groups is 2. The summed E-state index contributed by atoms with van der Waals surface area (Å²) in [4.78, 5) is 25.8. The van der Waals surface area contributed by atoms with Gasteiger partial charge >= 0.3 is 6.03 Å². The Balaban J connectivity index is 1.91. The first-order valence-electron chi connectivity index (χ1n) is 9.13. The number of hydrogen-bond acceptors (Lipinski definition) is 5. The summed E-state index contributed by atoms with van der Waals surface area (Å²) in [5, 5.41) is 14.2. The van der Waals surface area contributed by atoms with Gasteiger partial charge in [-0.05, 0) is 37.6 Å². The van der Waals surface area contributed by atoms with Crippen molar-refractivity contribution < 1.29 is 18.0 Å². The van der Waals surface area contributed by atoms with Crippen molar-refractivity contribution in [2.45, 2.75) is 31.2 Å². The number of nitrogens with one attached hydrogen (secondary N) is 2. The maximum absolute atomic E-state index is 12.7. The molecule has 2 N–H and O–H groups in total. The topological polar surface area (TPSA) is 123 Å². The fourth-order valence-corrected chi connectivity index (χ4v) is 4.15. The van der Waals surface area contributed by atoms with Gasteiger partial charge in [0.25, 0.3) is 0 Å². The van der Waals surface area contributed by atoms with Gasteiger partial charge < -0.3 is 15.5 Å². The summed E-state index contributed by atoms with van der Waals surface area (Å²) in [5.41, 5.74) is 0.387. The number of nitrogens with zero attached hydrogens (tertiary/aromatic N) is 3. The van der Waals surface area contributed by atoms with Crippen molar-refractivity contribution in [1.29, 1.82) is 5.26 Å². The lowest BCUT2D eigenvalue weighted by atomic mass is 10.2. The Labute approximate surface area is 165 Å². The Bertz CT molecular complexity index is 840. The van der Waals surface area contributed by atoms with Crippen molar-refractivity contribution in [3.8, 4) is 6.07 Å². The van der Waals surface area contributed by atoms with Gasteiger partial charge in [-0.1, -0.05) is 6.92 Å². The molecule has 0 spiro atoms. The monoisotopic (exact) mass is 407 g/mol. The molecule has 10 heteroatoms. The lowest BCUT2D eigenvalue weighted by Crippen LogP contribution is -2.56. The predicted molar refractivity (Wildman–Crippen MR) is 103 cm³/mol. The minimum absolute atomic E-state index is 0.116. The quantitative estimate of drug-likeness (QED) is 0.710. The van der Waals surface area contributed by atoms with Crippen LogP contribution in [0.2, 0.25) is 0 Å². The molecule has 1 aliphatic heterocycles. The van der Waals surface area contributed by atoms with Crippen LogP contribution < -0.4 is 10.6 Å². The number of amides is 3. The van der Waals surface area contributed by atoms with Crippen molar-refractivity contribution in [3.05, 3.63) is 29.8 Å². The van der Waals surface area contributed by atoms with E-state index in [9.17, 15) is 18.0 Å². The van der Waals surface area contributed by atoms with Crippen LogP contribution in [-0.2, 0) is 14.8 Å². The number of urea groups is 1. The van der Waals surface area contributed by atoms with Crippen LogP contribution in [0, 0.1) is 11.3 Å². The summed E-state index contributed by atoms with van der Waals surface area (Å²) >= 11 is 0. The van der Waals surface area contributed by atoms with E-state index in [-0.39, 0.29) is 37.0 Å². The highest BCUT2D eigenvalue weighted by atomic mass is 32.2. The zero-order chi connectivity index (χ0) is 20.7. The van der Waals surface area contributed by atoms with E-state index in [0.29, 0.717) is 12.1 Å². The van der Waals surface area contributed by atoms with E-state index in [1.807, 2.05) is 13.0 Å². The van der Waals surface area contributed by atoms with Gasteiger partial charge in [-0.3, -0.25) is 4.79 Å². The molecule has 28 heavy (non-hydrogen) atoms. The number of hydrogen-bond donors (Lipinski definition) is 2. The molecule has 0 aliphatic carbocycles. The molecule has 1 heterocycles. The highest BCUT2D eigenvalue weighted by Gasteiger charge is 2.30. The van der Waals surface area contributed by atoms with E-state index in [0.717, 1.165) is 6.42 Å². The molecule has 2 rings (SSSR count). The normalized spacial score (nSPS) is 16.1. The third-order valence-corrected chi connectivity index (χ3v) is 6.34. The Morgan fingerprint density at radius 1 is 1.18 bits per heavy atom. The molecule has 152 valence electrons. The van der Waals surface area contributed by atoms with Crippen LogP contribution in [0.3, 0.4) is 0 Å². The first kappa shape index (κ1) is 21.7. The summed E-state index contributed by atoms with van der Waals surface area (Å²) in [7, 11) is -3.68. The number of piperazine rings is 1. The molecule has 1 aromatic rings. The van der Waals surface area contributed by atoms with E-state index in [1.165, 1.54) is 33.5 Å². The Hall–Kier alpha value is -2.64. The molecule has 1 fully saturated rings. The fraction of sp³-hybridized carbons (Fsp3) is 0.500. The molecular weight excluding hydrogens is 382 g/mol. The zero-order valence-electron chi connectivity index (χ0n) is 16.0. The minimum atomic E-state index is -3.68. The summed E-state index contributed by atoms with van der Waals surface area (Å²) in [6.45, 7) is 4.86. The molecule has 1 aliphatic rings. The van der Waals surface area contributed by atoms with Crippen LogP contribution in [0.25, 0.3) is 0 Å². The summed E-state index contributed by atoms with van der Waals surface area (Å²) in [5.74, 6) is -0.253. The minimum Gasteiger partial charge on any atom is -0.354 e. The second-order valence-corrected chi connectivity index (χ2v) is 8.43. The maximum atomic E-state index is 12.7. The number of benzene rings is 1. The van der Waals surface area contributed by atoms with Crippen molar-refractivity contribution in [3.63, 3.8) is 0 Å². The van der Waals surface area contributed by atoms with Gasteiger partial charge in [-0.2, -0.15) is 9.57 Å². The molecule has 0 unspecified atom stereocenters. The van der Waals surface area contributed by atoms with Crippen LogP contribution in [-0.4, -0.2) is 68.3 Å². The number of carbonyl (C=O) groups excluding carboxylic acids is 2. The van der Waals surface area contributed by atoms with Crippen LogP contribution in [0.5, 0.6) is 0 Å². The number of sulfonamides is 1. The largest absolute Gasteiger partial charge is 0.354 e. The predicted octanol–water partition coefficient (Wildman–Crippen LogP) is 0.489. The lowest BCUT2D eigenvalue weighted by molar-refractivity contribution is -0.122. The Morgan fingerprint density at radius 2 is 1.79 bits per heavy atom. The van der Waals surface area contributed by atoms with Gasteiger partial charge in [0.2, 0.25) is 15.9 Å². The van der Waals surface area contributed by atoms with Crippen molar-refractivity contribution in [2.24, 2.45) is 0 Å². The van der Waals surface area contributed by atoms with Gasteiger partial charge in [-0.15, -0.1) is 0 Å². The lowest BCUT2D eigenvalue weighted by Gasteiger charge is -2.34. The van der Waals surface area contributed by atoms with E-state index in [2.05, 4.69) is 10.6 Å². The van der Waals surface area contributed by atoms with E-state index in [4.69, 9.17) is 5.26 Å². The maximum Gasteiger partial charge on any atom is 0.318 e. The van der Waals surface area contributed by atoms with Crippen molar-refractivity contribution >= 4 is 22.0 Å². The third kappa shape index (κ3) is 5.21. The average Bonchev–Trinajstić information content (AvgIpc) is 2.71. The number of nitriles is 1. The molecule has 0 aromatic heterocycles. The second kappa shape index (κ2) is 9.52. The van der Waals surface area contributed by atoms with Gasteiger partial charge in [-0.25, -0.2) is 13.2 Å². The van der Waals surface area contributed by atoms with Crippen molar-refractivity contribution in [1.82, 2.24) is 19.8 Å². The van der Waals surface area contributed by atoms with Gasteiger partial charge in [0.15, 0.2) is 0 Å². The zero-order valence-corrected chi connectivity index (χ0v) is 16.8. The molecule has 0 saturated carbocycles. The smallest absolute Gasteiger partial charge is 0.318 e. The summed E-state index contributed by atoms with van der Waals surface area (Å²) in [6, 6.07) is 6.62. The molecule has 0 radical (unpaired) electrons. The average molecular weight is 407 g/mol. The molecule has 1 saturated heterocycles. The van der Waals surface area contributed by atoms with Crippen LogP contribution in [0.1, 0.15) is 25.8 Å². The number of rotatable bonds is 6. The highest BCUT2D eigenvalue weighted by molar-refractivity contribution is 7.89. The second-order valence-electron chi connectivity index (χ2n) is 6.49. The SMILES string of the molecule is CCCNC(=O)[C@@H](C)NC(=O)N1CCN(S(=O)(=O)c2ccc(C#N)cc2)CC1. The molecule has 1 atom stereocenters. The summed E-state index contributed by atoms with van der Waals surface area (Å²) < 4.78 is 26.7. The Morgan fingerprint density at radius 3 is 2.32 bits per heavy atom. The van der Waals surface area contributed by atoms with E-state index < -0.39 is 22.1 Å². The molecule has 3 amide bonds. The van der Waals surface area contributed by atoms with Crippen LogP contribution in [0.15, 0.2) is 29.2 Å². The van der Waals surface area contributed by atoms with Crippen LogP contribution in [0.4, 0.5) is 4.79 Å².